The molecule has 0 bridgehead atoms. The number of rotatable bonds is 11. The number of piperazine rings is 1. The molecule has 1 amide bonds. The lowest BCUT2D eigenvalue weighted by Crippen LogP contribution is -2.48. The summed E-state index contributed by atoms with van der Waals surface area (Å²) in [5, 5.41) is 1.07. The Balaban J connectivity index is 1.04. The second kappa shape index (κ2) is 13.8. The molecule has 3 aromatic carbocycles. The highest BCUT2D eigenvalue weighted by Crippen LogP contribution is 2.38. The van der Waals surface area contributed by atoms with Crippen molar-refractivity contribution in [3.63, 3.8) is 0 Å². The molecule has 3 aromatic rings. The molecule has 2 aliphatic heterocycles. The Labute approximate surface area is 257 Å². The van der Waals surface area contributed by atoms with Crippen molar-refractivity contribution in [2.24, 2.45) is 0 Å². The molecule has 9 heteroatoms. The van der Waals surface area contributed by atoms with Crippen molar-refractivity contribution in [2.75, 3.05) is 50.9 Å². The minimum Gasteiger partial charge on any atom is -0.491 e. The Bertz CT molecular complexity index is 1360. The third-order valence-corrected chi connectivity index (χ3v) is 8.09. The number of anilines is 1. The summed E-state index contributed by atoms with van der Waals surface area (Å²) in [7, 11) is 0. The monoisotopic (exact) mass is 610 g/mol. The Kier molecular flexibility index (Phi) is 9.95. The van der Waals surface area contributed by atoms with Crippen molar-refractivity contribution >= 4 is 34.8 Å². The van der Waals surface area contributed by atoms with Crippen LogP contribution < -0.4 is 14.4 Å². The zero-order chi connectivity index (χ0) is 29.5. The second-order valence-corrected chi connectivity index (χ2v) is 11.4. The molecular formula is C33H36Cl2N2O5. The van der Waals surface area contributed by atoms with Crippen molar-refractivity contribution < 1.29 is 23.7 Å². The number of amides is 1. The molecule has 0 aromatic heterocycles. The third kappa shape index (κ3) is 7.58. The smallest absolute Gasteiger partial charge is 0.223 e. The molecular weight excluding hydrogens is 575 g/mol. The van der Waals surface area contributed by atoms with E-state index >= 15 is 0 Å². The molecule has 0 radical (unpaired) electrons. The Hall–Kier alpha value is -3.23. The number of nitrogens with zero attached hydrogens (tertiary/aromatic N) is 2. The van der Waals surface area contributed by atoms with Gasteiger partial charge in [0.1, 0.15) is 30.8 Å². The summed E-state index contributed by atoms with van der Waals surface area (Å²) < 4.78 is 23.6. The molecule has 0 unspecified atom stereocenters. The van der Waals surface area contributed by atoms with E-state index < -0.39 is 5.79 Å². The Morgan fingerprint density at radius 2 is 1.69 bits per heavy atom. The van der Waals surface area contributed by atoms with Gasteiger partial charge >= 0.3 is 0 Å². The first-order valence-electron chi connectivity index (χ1n) is 14.2. The fourth-order valence-corrected chi connectivity index (χ4v) is 5.77. The molecule has 222 valence electrons. The second-order valence-electron chi connectivity index (χ2n) is 10.5. The van der Waals surface area contributed by atoms with Crippen LogP contribution in [0.3, 0.4) is 0 Å². The summed E-state index contributed by atoms with van der Waals surface area (Å²) in [6.45, 7) is 9.75. The lowest BCUT2D eigenvalue weighted by molar-refractivity contribution is -0.164. The number of carbonyl (C=O) groups is 1. The van der Waals surface area contributed by atoms with Crippen LogP contribution in [0, 0.1) is 0 Å². The molecule has 0 aliphatic carbocycles. The average Bonchev–Trinajstić information content (AvgIpc) is 3.40. The van der Waals surface area contributed by atoms with Gasteiger partial charge in [0.15, 0.2) is 5.79 Å². The van der Waals surface area contributed by atoms with Crippen LogP contribution in [0.4, 0.5) is 5.69 Å². The standard InChI is InChI=1S/C33H36Cl2N2O5/c1-3-20-39-27-10-4-24(5-11-27)6-15-32(38)37-18-16-36(17-19-37)26-8-12-28(13-9-26)40-22-29-23-41-33(2,42-29)30-14-7-25(34)21-31(30)35/h3-5,7-14,21,29H,1,6,15-20,22-23H2,2H3/t29-,33+/m1/s1. The quantitative estimate of drug-likeness (QED) is 0.231. The molecule has 42 heavy (non-hydrogen) atoms. The van der Waals surface area contributed by atoms with E-state index in [9.17, 15) is 4.79 Å². The van der Waals surface area contributed by atoms with Gasteiger partial charge < -0.3 is 28.7 Å². The summed E-state index contributed by atoms with van der Waals surface area (Å²) in [4.78, 5) is 17.1. The van der Waals surface area contributed by atoms with Crippen molar-refractivity contribution in [2.45, 2.75) is 31.7 Å². The van der Waals surface area contributed by atoms with E-state index in [0.717, 1.165) is 41.4 Å². The van der Waals surface area contributed by atoms with E-state index in [1.165, 1.54) is 0 Å². The molecule has 5 rings (SSSR count). The number of hydrogen-bond donors (Lipinski definition) is 0. The molecule has 7 nitrogen and oxygen atoms in total. The van der Waals surface area contributed by atoms with Crippen molar-refractivity contribution in [1.82, 2.24) is 4.90 Å². The maximum absolute atomic E-state index is 12.8. The summed E-state index contributed by atoms with van der Waals surface area (Å²) in [5.41, 5.74) is 2.98. The van der Waals surface area contributed by atoms with Gasteiger partial charge in [-0.15, -0.1) is 0 Å². The Morgan fingerprint density at radius 3 is 2.38 bits per heavy atom. The molecule has 2 atom stereocenters. The fourth-order valence-electron chi connectivity index (χ4n) is 5.19. The van der Waals surface area contributed by atoms with E-state index in [2.05, 4.69) is 23.6 Å². The van der Waals surface area contributed by atoms with Gasteiger partial charge in [0.05, 0.1) is 11.6 Å². The van der Waals surface area contributed by atoms with Gasteiger partial charge in [0.25, 0.3) is 0 Å². The molecule has 0 saturated carbocycles. The zero-order valence-electron chi connectivity index (χ0n) is 23.8. The molecule has 2 aliphatic rings. The maximum Gasteiger partial charge on any atom is 0.223 e. The Morgan fingerprint density at radius 1 is 1.00 bits per heavy atom. The van der Waals surface area contributed by atoms with Crippen LogP contribution >= 0.6 is 23.2 Å². The molecule has 2 saturated heterocycles. The summed E-state index contributed by atoms with van der Waals surface area (Å²) in [5.74, 6) is 0.809. The average molecular weight is 612 g/mol. The number of benzene rings is 3. The van der Waals surface area contributed by atoms with Gasteiger partial charge in [-0.2, -0.15) is 0 Å². The van der Waals surface area contributed by atoms with Gasteiger partial charge in [0, 0.05) is 48.9 Å². The normalized spacial score (nSPS) is 20.4. The summed E-state index contributed by atoms with van der Waals surface area (Å²) in [6.07, 6.45) is 2.70. The number of hydrogen-bond acceptors (Lipinski definition) is 6. The van der Waals surface area contributed by atoms with Crippen LogP contribution in [0.1, 0.15) is 24.5 Å². The lowest BCUT2D eigenvalue weighted by atomic mass is 10.1. The largest absolute Gasteiger partial charge is 0.491 e. The van der Waals surface area contributed by atoms with Gasteiger partial charge in [-0.25, -0.2) is 0 Å². The number of aryl methyl sites for hydroxylation is 1. The van der Waals surface area contributed by atoms with Gasteiger partial charge in [0.2, 0.25) is 5.91 Å². The number of halogens is 2. The highest BCUT2D eigenvalue weighted by molar-refractivity contribution is 6.35. The predicted octanol–water partition coefficient (Wildman–Crippen LogP) is 6.51. The van der Waals surface area contributed by atoms with Crippen LogP contribution in [0.2, 0.25) is 10.0 Å². The van der Waals surface area contributed by atoms with Crippen molar-refractivity contribution in [1.29, 1.82) is 0 Å². The minimum absolute atomic E-state index is 0.193. The van der Waals surface area contributed by atoms with E-state index in [4.69, 9.17) is 42.1 Å². The van der Waals surface area contributed by atoms with Gasteiger partial charge in [-0.05, 0) is 67.4 Å². The van der Waals surface area contributed by atoms with E-state index in [-0.39, 0.29) is 12.0 Å². The van der Waals surface area contributed by atoms with Gasteiger partial charge in [-0.3, -0.25) is 4.79 Å². The first-order valence-corrected chi connectivity index (χ1v) is 14.9. The van der Waals surface area contributed by atoms with Crippen molar-refractivity contribution in [3.8, 4) is 11.5 Å². The summed E-state index contributed by atoms with van der Waals surface area (Å²) >= 11 is 12.4. The SMILES string of the molecule is C=CCOc1ccc(CCC(=O)N2CCN(c3ccc(OC[C@@H]4CO[C@](C)(c5ccc(Cl)cc5Cl)O4)cc3)CC2)cc1. The topological polar surface area (TPSA) is 60.5 Å². The minimum atomic E-state index is -0.949. The summed E-state index contributed by atoms with van der Waals surface area (Å²) in [6, 6.07) is 21.2. The maximum atomic E-state index is 12.8. The van der Waals surface area contributed by atoms with Crippen LogP contribution in [0.5, 0.6) is 11.5 Å². The van der Waals surface area contributed by atoms with E-state index in [0.29, 0.717) is 55.8 Å². The van der Waals surface area contributed by atoms with Gasteiger partial charge in [-0.1, -0.05) is 54.1 Å². The first-order chi connectivity index (χ1) is 20.3. The van der Waals surface area contributed by atoms with Crippen molar-refractivity contribution in [3.05, 3.63) is 101 Å². The van der Waals surface area contributed by atoms with E-state index in [1.807, 2.05) is 54.3 Å². The highest BCUT2D eigenvalue weighted by atomic mass is 35.5. The lowest BCUT2D eigenvalue weighted by Gasteiger charge is -2.36. The molecule has 0 N–H and O–H groups in total. The van der Waals surface area contributed by atoms with Crippen LogP contribution in [0.15, 0.2) is 79.4 Å². The highest BCUT2D eigenvalue weighted by Gasteiger charge is 2.40. The first kappa shape index (κ1) is 30.2. The number of ether oxygens (including phenoxy) is 4. The van der Waals surface area contributed by atoms with Crippen LogP contribution in [0.25, 0.3) is 0 Å². The molecule has 2 heterocycles. The predicted molar refractivity (Wildman–Crippen MR) is 166 cm³/mol. The number of carbonyl (C=O) groups excluding carboxylic acids is 1. The fraction of sp³-hybridized carbons (Fsp3) is 0.364. The zero-order valence-corrected chi connectivity index (χ0v) is 25.3. The van der Waals surface area contributed by atoms with Crippen LogP contribution in [-0.2, 0) is 26.5 Å². The van der Waals surface area contributed by atoms with Crippen LogP contribution in [-0.4, -0.2) is 62.9 Å². The molecule has 0 spiro atoms. The molecule has 2 fully saturated rings. The third-order valence-electron chi connectivity index (χ3n) is 7.55. The van der Waals surface area contributed by atoms with E-state index in [1.54, 1.807) is 18.2 Å².